The van der Waals surface area contributed by atoms with Gasteiger partial charge in [0.25, 0.3) is 5.91 Å². The number of anilines is 1. The van der Waals surface area contributed by atoms with E-state index in [-0.39, 0.29) is 12.3 Å². The van der Waals surface area contributed by atoms with E-state index in [9.17, 15) is 14.7 Å². The molecule has 1 N–H and O–H groups in total. The summed E-state index contributed by atoms with van der Waals surface area (Å²) in [5, 5.41) is 10.9. The Bertz CT molecular complexity index is 772. The largest absolute Gasteiger partial charge is 0.461 e. The highest BCUT2D eigenvalue weighted by atomic mass is 16.3. The van der Waals surface area contributed by atoms with Gasteiger partial charge in [-0.25, -0.2) is 0 Å². The lowest BCUT2D eigenvalue weighted by Gasteiger charge is -2.21. The summed E-state index contributed by atoms with van der Waals surface area (Å²) in [5.41, 5.74) is -1.01. The fourth-order valence-electron chi connectivity index (χ4n) is 2.68. The van der Waals surface area contributed by atoms with Crippen LogP contribution in [0.1, 0.15) is 22.5 Å². The highest BCUT2D eigenvalue weighted by Crippen LogP contribution is 2.42. The maximum Gasteiger partial charge on any atom is 0.265 e. The SMILES string of the molecule is C#CCN1C(=O)[C@@](O)(CC(=O)c2ccco2)c2ccccc21. The lowest BCUT2D eigenvalue weighted by atomic mass is 9.89. The van der Waals surface area contributed by atoms with E-state index < -0.39 is 23.7 Å². The average molecular weight is 295 g/mol. The Morgan fingerprint density at radius 3 is 2.77 bits per heavy atom. The van der Waals surface area contributed by atoms with Crippen molar-refractivity contribution in [3.8, 4) is 12.3 Å². The highest BCUT2D eigenvalue weighted by Gasteiger charge is 2.50. The summed E-state index contributed by atoms with van der Waals surface area (Å²) in [4.78, 5) is 26.1. The molecule has 2 aromatic rings. The molecule has 2 heterocycles. The van der Waals surface area contributed by atoms with Crippen molar-refractivity contribution in [2.45, 2.75) is 12.0 Å². The van der Waals surface area contributed by atoms with Gasteiger partial charge in [-0.05, 0) is 18.2 Å². The Kier molecular flexibility index (Phi) is 3.32. The fraction of sp³-hybridized carbons (Fsp3) is 0.176. The molecule has 1 aliphatic heterocycles. The summed E-state index contributed by atoms with van der Waals surface area (Å²) in [6.45, 7) is 0.0348. The van der Waals surface area contributed by atoms with Crippen LogP contribution in [-0.4, -0.2) is 23.3 Å². The first-order valence-electron chi connectivity index (χ1n) is 6.72. The minimum absolute atomic E-state index is 0.0348. The van der Waals surface area contributed by atoms with E-state index in [1.54, 1.807) is 30.3 Å². The number of Topliss-reactive ketones (excluding diaryl/α,β-unsaturated/α-hetero) is 1. The molecule has 1 aromatic heterocycles. The van der Waals surface area contributed by atoms with Crippen LogP contribution < -0.4 is 4.90 Å². The molecule has 0 aliphatic carbocycles. The van der Waals surface area contributed by atoms with Crippen molar-refractivity contribution in [1.82, 2.24) is 0 Å². The molecule has 0 unspecified atom stereocenters. The molecule has 1 aromatic carbocycles. The highest BCUT2D eigenvalue weighted by molar-refractivity contribution is 6.10. The Hall–Kier alpha value is -2.84. The Balaban J connectivity index is 2.00. The quantitative estimate of drug-likeness (QED) is 0.688. The zero-order valence-electron chi connectivity index (χ0n) is 11.7. The molecule has 1 aliphatic rings. The maximum absolute atomic E-state index is 12.6. The second-order valence-corrected chi connectivity index (χ2v) is 5.05. The average Bonchev–Trinajstić information content (AvgIpc) is 3.11. The van der Waals surface area contributed by atoms with E-state index in [0.29, 0.717) is 11.3 Å². The summed E-state index contributed by atoms with van der Waals surface area (Å²) in [6.07, 6.45) is 6.26. The van der Waals surface area contributed by atoms with Gasteiger partial charge in [-0.1, -0.05) is 24.1 Å². The molecule has 1 amide bonds. The molecule has 22 heavy (non-hydrogen) atoms. The summed E-state index contributed by atoms with van der Waals surface area (Å²) >= 11 is 0. The Morgan fingerprint density at radius 1 is 1.32 bits per heavy atom. The predicted molar refractivity (Wildman–Crippen MR) is 79.2 cm³/mol. The number of hydrogen-bond donors (Lipinski definition) is 1. The van der Waals surface area contributed by atoms with Gasteiger partial charge in [0.05, 0.1) is 24.9 Å². The lowest BCUT2D eigenvalue weighted by Crippen LogP contribution is -2.42. The molecule has 1 atom stereocenters. The molecule has 5 heteroatoms. The van der Waals surface area contributed by atoms with E-state index >= 15 is 0 Å². The van der Waals surface area contributed by atoms with E-state index in [1.165, 1.54) is 17.2 Å². The fourth-order valence-corrected chi connectivity index (χ4v) is 2.68. The van der Waals surface area contributed by atoms with Crippen LogP contribution in [-0.2, 0) is 10.4 Å². The van der Waals surface area contributed by atoms with Gasteiger partial charge in [0.15, 0.2) is 11.4 Å². The number of ketones is 1. The minimum atomic E-state index is -1.92. The van der Waals surface area contributed by atoms with Crippen LogP contribution in [0.4, 0.5) is 5.69 Å². The van der Waals surface area contributed by atoms with Crippen molar-refractivity contribution in [3.05, 3.63) is 54.0 Å². The van der Waals surface area contributed by atoms with Crippen molar-refractivity contribution in [3.63, 3.8) is 0 Å². The number of nitrogens with zero attached hydrogens (tertiary/aromatic N) is 1. The van der Waals surface area contributed by atoms with Crippen LogP contribution in [0, 0.1) is 12.3 Å². The molecule has 0 saturated carbocycles. The predicted octanol–water partition coefficient (Wildman–Crippen LogP) is 1.72. The topological polar surface area (TPSA) is 70.8 Å². The zero-order chi connectivity index (χ0) is 15.7. The zero-order valence-corrected chi connectivity index (χ0v) is 11.7. The van der Waals surface area contributed by atoms with Gasteiger partial charge in [0.2, 0.25) is 5.78 Å². The monoisotopic (exact) mass is 295 g/mol. The third kappa shape index (κ3) is 2.01. The number of furan rings is 1. The summed E-state index contributed by atoms with van der Waals surface area (Å²) in [6, 6.07) is 9.84. The normalized spacial score (nSPS) is 19.8. The Labute approximate surface area is 127 Å². The lowest BCUT2D eigenvalue weighted by molar-refractivity contribution is -0.135. The van der Waals surface area contributed by atoms with Crippen LogP contribution in [0.15, 0.2) is 47.1 Å². The van der Waals surface area contributed by atoms with Crippen LogP contribution in [0.2, 0.25) is 0 Å². The standard InChI is InChI=1S/C17H13NO4/c1-2-9-18-13-7-4-3-6-12(13)17(21,16(18)20)11-14(19)15-8-5-10-22-15/h1,3-8,10,21H,9,11H2/t17-/m1/s1. The van der Waals surface area contributed by atoms with Crippen LogP contribution in [0.25, 0.3) is 0 Å². The van der Waals surface area contributed by atoms with Crippen molar-refractivity contribution in [2.75, 3.05) is 11.4 Å². The van der Waals surface area contributed by atoms with E-state index in [1.807, 2.05) is 0 Å². The van der Waals surface area contributed by atoms with Crippen molar-refractivity contribution >= 4 is 17.4 Å². The summed E-state index contributed by atoms with van der Waals surface area (Å²) in [5.74, 6) is 1.46. The summed E-state index contributed by atoms with van der Waals surface area (Å²) < 4.78 is 5.03. The van der Waals surface area contributed by atoms with Gasteiger partial charge in [-0.3, -0.25) is 14.5 Å². The number of carbonyl (C=O) groups excluding carboxylic acids is 2. The molecule has 0 bridgehead atoms. The Morgan fingerprint density at radius 2 is 2.09 bits per heavy atom. The summed E-state index contributed by atoms with van der Waals surface area (Å²) in [7, 11) is 0. The minimum Gasteiger partial charge on any atom is -0.461 e. The van der Waals surface area contributed by atoms with Gasteiger partial charge in [-0.15, -0.1) is 6.42 Å². The molecule has 5 nitrogen and oxygen atoms in total. The molecule has 0 saturated heterocycles. The third-order valence-corrected chi connectivity index (χ3v) is 3.70. The molecule has 3 rings (SSSR count). The molecular weight excluding hydrogens is 282 g/mol. The van der Waals surface area contributed by atoms with Gasteiger partial charge in [-0.2, -0.15) is 0 Å². The number of fused-ring (bicyclic) bond motifs is 1. The second-order valence-electron chi connectivity index (χ2n) is 5.05. The van der Waals surface area contributed by atoms with Crippen molar-refractivity contribution in [1.29, 1.82) is 0 Å². The van der Waals surface area contributed by atoms with Crippen LogP contribution in [0.3, 0.4) is 0 Å². The van der Waals surface area contributed by atoms with E-state index in [0.717, 1.165) is 0 Å². The number of terminal acetylenes is 1. The van der Waals surface area contributed by atoms with Crippen LogP contribution >= 0.6 is 0 Å². The van der Waals surface area contributed by atoms with Gasteiger partial charge in [0, 0.05) is 5.56 Å². The molecule has 110 valence electrons. The number of para-hydroxylation sites is 1. The maximum atomic E-state index is 12.6. The van der Waals surface area contributed by atoms with Gasteiger partial charge < -0.3 is 9.52 Å². The third-order valence-electron chi connectivity index (χ3n) is 3.70. The number of carbonyl (C=O) groups is 2. The van der Waals surface area contributed by atoms with Crippen LogP contribution in [0.5, 0.6) is 0 Å². The smallest absolute Gasteiger partial charge is 0.265 e. The molecule has 0 fully saturated rings. The second kappa shape index (κ2) is 5.17. The van der Waals surface area contributed by atoms with Gasteiger partial charge in [0.1, 0.15) is 0 Å². The number of hydrogen-bond acceptors (Lipinski definition) is 4. The first-order valence-corrected chi connectivity index (χ1v) is 6.72. The van der Waals surface area contributed by atoms with Gasteiger partial charge >= 0.3 is 0 Å². The molecule has 0 spiro atoms. The van der Waals surface area contributed by atoms with E-state index in [2.05, 4.69) is 5.92 Å². The van der Waals surface area contributed by atoms with Crippen molar-refractivity contribution in [2.24, 2.45) is 0 Å². The number of amides is 1. The number of aliphatic hydroxyl groups is 1. The molecular formula is C17H13NO4. The molecule has 0 radical (unpaired) electrons. The number of rotatable bonds is 4. The van der Waals surface area contributed by atoms with E-state index in [4.69, 9.17) is 10.8 Å². The first kappa shape index (κ1) is 14.1. The first-order chi connectivity index (χ1) is 10.6. The number of benzene rings is 1. The van der Waals surface area contributed by atoms with Crippen molar-refractivity contribution < 1.29 is 19.1 Å².